The average molecular weight is 134 g/mol. The third kappa shape index (κ3) is 0.457. The Morgan fingerprint density at radius 1 is 1.30 bits per heavy atom. The van der Waals surface area contributed by atoms with Crippen molar-refractivity contribution in [2.45, 2.75) is 32.1 Å². The summed E-state index contributed by atoms with van der Waals surface area (Å²) < 4.78 is 0. The SMILES string of the molecule is C1=CC2CC3CC2(CC1)C3. The van der Waals surface area contributed by atoms with Crippen LogP contribution < -0.4 is 0 Å². The Bertz CT molecular complexity index is 184. The average Bonchev–Trinajstić information content (AvgIpc) is 2.37. The van der Waals surface area contributed by atoms with Gasteiger partial charge in [0.1, 0.15) is 0 Å². The third-order valence-corrected chi connectivity index (χ3v) is 3.94. The Hall–Kier alpha value is -0.260. The lowest BCUT2D eigenvalue weighted by Gasteiger charge is -2.42. The van der Waals surface area contributed by atoms with E-state index in [0.29, 0.717) is 0 Å². The lowest BCUT2D eigenvalue weighted by atomic mass is 9.62. The van der Waals surface area contributed by atoms with Crippen molar-refractivity contribution in [1.29, 1.82) is 0 Å². The molecule has 4 rings (SSSR count). The highest BCUT2D eigenvalue weighted by Crippen LogP contribution is 2.66. The molecule has 54 valence electrons. The molecule has 4 aliphatic rings. The molecule has 1 unspecified atom stereocenters. The van der Waals surface area contributed by atoms with E-state index in [2.05, 4.69) is 12.2 Å². The lowest BCUT2D eigenvalue weighted by molar-refractivity contribution is 0.104. The van der Waals surface area contributed by atoms with Crippen LogP contribution >= 0.6 is 0 Å². The van der Waals surface area contributed by atoms with Crippen LogP contribution in [-0.2, 0) is 0 Å². The first-order chi connectivity index (χ1) is 4.89. The highest BCUT2D eigenvalue weighted by molar-refractivity contribution is 5.15. The maximum Gasteiger partial charge on any atom is -0.0174 e. The van der Waals surface area contributed by atoms with Crippen LogP contribution in [0.5, 0.6) is 0 Å². The molecule has 3 fully saturated rings. The Labute approximate surface area is 62.3 Å². The van der Waals surface area contributed by atoms with Gasteiger partial charge in [0, 0.05) is 0 Å². The molecule has 0 heterocycles. The van der Waals surface area contributed by atoms with Gasteiger partial charge >= 0.3 is 0 Å². The largest absolute Gasteiger partial charge is 0.0882 e. The van der Waals surface area contributed by atoms with Crippen LogP contribution in [0.2, 0.25) is 0 Å². The summed E-state index contributed by atoms with van der Waals surface area (Å²) in [6.07, 6.45) is 12.4. The number of allylic oxidation sites excluding steroid dienone is 2. The number of hydrogen-bond acceptors (Lipinski definition) is 0. The predicted octanol–water partition coefficient (Wildman–Crippen LogP) is 2.75. The van der Waals surface area contributed by atoms with Gasteiger partial charge in [-0.2, -0.15) is 0 Å². The van der Waals surface area contributed by atoms with E-state index in [4.69, 9.17) is 0 Å². The first-order valence-electron chi connectivity index (χ1n) is 4.56. The summed E-state index contributed by atoms with van der Waals surface area (Å²) in [4.78, 5) is 0. The minimum atomic E-state index is 0.847. The van der Waals surface area contributed by atoms with Gasteiger partial charge in [0.15, 0.2) is 0 Å². The molecule has 2 bridgehead atoms. The van der Waals surface area contributed by atoms with E-state index in [1.807, 2.05) is 0 Å². The van der Waals surface area contributed by atoms with E-state index >= 15 is 0 Å². The van der Waals surface area contributed by atoms with Crippen LogP contribution in [0.25, 0.3) is 0 Å². The normalized spacial score (nSPS) is 56.0. The zero-order valence-corrected chi connectivity index (χ0v) is 6.34. The zero-order chi connectivity index (χ0) is 6.60. The van der Waals surface area contributed by atoms with Crippen molar-refractivity contribution in [3.05, 3.63) is 12.2 Å². The van der Waals surface area contributed by atoms with Crippen LogP contribution in [-0.4, -0.2) is 0 Å². The van der Waals surface area contributed by atoms with Crippen molar-refractivity contribution in [3.8, 4) is 0 Å². The quantitative estimate of drug-likeness (QED) is 0.447. The number of hydrogen-bond donors (Lipinski definition) is 0. The van der Waals surface area contributed by atoms with Gasteiger partial charge in [-0.15, -0.1) is 0 Å². The minimum absolute atomic E-state index is 0.847. The second-order valence-corrected chi connectivity index (χ2v) is 4.45. The van der Waals surface area contributed by atoms with Gasteiger partial charge in [0.25, 0.3) is 0 Å². The molecule has 3 saturated carbocycles. The maximum atomic E-state index is 2.50. The molecule has 0 aliphatic heterocycles. The molecule has 0 radical (unpaired) electrons. The Morgan fingerprint density at radius 3 is 3.00 bits per heavy atom. The third-order valence-electron chi connectivity index (χ3n) is 3.94. The standard InChI is InChI=1S/C10H14/c1-2-4-10-6-8(7-10)5-9(10)3-1/h1,3,8-9H,2,4-7H2. The van der Waals surface area contributed by atoms with Gasteiger partial charge in [0.2, 0.25) is 0 Å². The van der Waals surface area contributed by atoms with Gasteiger partial charge in [-0.1, -0.05) is 12.2 Å². The molecular formula is C10H14. The Balaban J connectivity index is 2.00. The predicted molar refractivity (Wildman–Crippen MR) is 41.6 cm³/mol. The monoisotopic (exact) mass is 134 g/mol. The summed E-state index contributed by atoms with van der Waals surface area (Å²) in [6, 6.07) is 0. The molecule has 0 saturated heterocycles. The van der Waals surface area contributed by atoms with Crippen molar-refractivity contribution in [3.63, 3.8) is 0 Å². The van der Waals surface area contributed by atoms with Crippen LogP contribution in [0.1, 0.15) is 32.1 Å². The molecule has 1 spiro atoms. The summed E-state index contributed by atoms with van der Waals surface area (Å²) in [5.41, 5.74) is 0.847. The molecule has 0 heteroatoms. The molecular weight excluding hydrogens is 120 g/mol. The van der Waals surface area contributed by atoms with Crippen molar-refractivity contribution in [2.24, 2.45) is 17.3 Å². The first-order valence-corrected chi connectivity index (χ1v) is 4.56. The molecule has 4 aliphatic carbocycles. The maximum absolute atomic E-state index is 2.50. The summed E-state index contributed by atoms with van der Waals surface area (Å²) in [5, 5.41) is 0. The molecule has 0 N–H and O–H groups in total. The summed E-state index contributed by atoms with van der Waals surface area (Å²) >= 11 is 0. The number of rotatable bonds is 0. The molecule has 0 nitrogen and oxygen atoms in total. The smallest absolute Gasteiger partial charge is 0.0174 e. The van der Waals surface area contributed by atoms with Gasteiger partial charge in [-0.3, -0.25) is 0 Å². The van der Waals surface area contributed by atoms with Gasteiger partial charge < -0.3 is 0 Å². The zero-order valence-electron chi connectivity index (χ0n) is 6.34. The van der Waals surface area contributed by atoms with Crippen LogP contribution in [0.3, 0.4) is 0 Å². The molecule has 0 amide bonds. The fourth-order valence-corrected chi connectivity index (χ4v) is 3.47. The molecule has 0 aromatic carbocycles. The molecule has 0 aromatic heterocycles. The van der Waals surface area contributed by atoms with Gasteiger partial charge in [-0.25, -0.2) is 0 Å². The van der Waals surface area contributed by atoms with Crippen molar-refractivity contribution < 1.29 is 0 Å². The van der Waals surface area contributed by atoms with Crippen molar-refractivity contribution >= 4 is 0 Å². The van der Waals surface area contributed by atoms with Gasteiger partial charge in [-0.05, 0) is 49.4 Å². The summed E-state index contributed by atoms with van der Waals surface area (Å²) in [6.45, 7) is 0. The van der Waals surface area contributed by atoms with E-state index in [9.17, 15) is 0 Å². The van der Waals surface area contributed by atoms with Crippen molar-refractivity contribution in [1.82, 2.24) is 0 Å². The van der Waals surface area contributed by atoms with E-state index in [-0.39, 0.29) is 0 Å². The van der Waals surface area contributed by atoms with E-state index in [1.54, 1.807) is 12.8 Å². The summed E-state index contributed by atoms with van der Waals surface area (Å²) in [5.74, 6) is 2.14. The first kappa shape index (κ1) is 5.40. The highest BCUT2D eigenvalue weighted by atomic mass is 14.6. The topological polar surface area (TPSA) is 0 Å². The Morgan fingerprint density at radius 2 is 2.20 bits per heavy atom. The van der Waals surface area contributed by atoms with Crippen molar-refractivity contribution in [2.75, 3.05) is 0 Å². The van der Waals surface area contributed by atoms with Crippen LogP contribution in [0.15, 0.2) is 12.2 Å². The second kappa shape index (κ2) is 1.49. The van der Waals surface area contributed by atoms with E-state index < -0.39 is 0 Å². The molecule has 0 aromatic rings. The van der Waals surface area contributed by atoms with Gasteiger partial charge in [0.05, 0.1) is 0 Å². The minimum Gasteiger partial charge on any atom is -0.0882 e. The lowest BCUT2D eigenvalue weighted by Crippen LogP contribution is -2.32. The van der Waals surface area contributed by atoms with Crippen LogP contribution in [0, 0.1) is 17.3 Å². The van der Waals surface area contributed by atoms with E-state index in [0.717, 1.165) is 17.3 Å². The fraction of sp³-hybridized carbons (Fsp3) is 0.800. The fourth-order valence-electron chi connectivity index (χ4n) is 3.47. The molecule has 10 heavy (non-hydrogen) atoms. The van der Waals surface area contributed by atoms with E-state index in [1.165, 1.54) is 19.3 Å². The Kier molecular flexibility index (Phi) is 0.805. The van der Waals surface area contributed by atoms with Crippen LogP contribution in [0.4, 0.5) is 0 Å². The highest BCUT2D eigenvalue weighted by Gasteiger charge is 2.55. The summed E-state index contributed by atoms with van der Waals surface area (Å²) in [7, 11) is 0. The molecule has 1 atom stereocenters. The second-order valence-electron chi connectivity index (χ2n) is 4.45.